The van der Waals surface area contributed by atoms with Crippen molar-refractivity contribution in [1.82, 2.24) is 4.90 Å². The summed E-state index contributed by atoms with van der Waals surface area (Å²) in [5.74, 6) is -0.181. The largest absolute Gasteiger partial charge is 0.396 e. The van der Waals surface area contributed by atoms with Gasteiger partial charge in [-0.1, -0.05) is 18.6 Å². The molecule has 3 heteroatoms. The molecule has 0 amide bonds. The summed E-state index contributed by atoms with van der Waals surface area (Å²) in [4.78, 5) is 2.41. The van der Waals surface area contributed by atoms with Crippen LogP contribution >= 0.6 is 0 Å². The summed E-state index contributed by atoms with van der Waals surface area (Å²) in [6.07, 6.45) is 4.64. The summed E-state index contributed by atoms with van der Waals surface area (Å²) in [6, 6.07) is 7.38. The van der Waals surface area contributed by atoms with Gasteiger partial charge in [-0.2, -0.15) is 0 Å². The van der Waals surface area contributed by atoms with Gasteiger partial charge in [0.1, 0.15) is 5.82 Å². The third-order valence-electron chi connectivity index (χ3n) is 3.49. The van der Waals surface area contributed by atoms with Gasteiger partial charge in [-0.15, -0.1) is 0 Å². The standard InChI is InChI=1S/C14H20FNO/c15-13-7-5-12(6-8-13)11-16(9-2-10-17)14-3-1-4-14/h5-8,14,17H,1-4,9-11H2. The third kappa shape index (κ3) is 3.51. The van der Waals surface area contributed by atoms with Crippen molar-refractivity contribution in [3.63, 3.8) is 0 Å². The van der Waals surface area contributed by atoms with Crippen LogP contribution in [0.4, 0.5) is 4.39 Å². The maximum Gasteiger partial charge on any atom is 0.123 e. The van der Waals surface area contributed by atoms with E-state index in [1.807, 2.05) is 12.1 Å². The number of halogens is 1. The van der Waals surface area contributed by atoms with E-state index in [1.165, 1.54) is 31.4 Å². The van der Waals surface area contributed by atoms with Crippen molar-refractivity contribution in [2.24, 2.45) is 0 Å². The minimum absolute atomic E-state index is 0.181. The van der Waals surface area contributed by atoms with Crippen LogP contribution < -0.4 is 0 Å². The molecule has 1 aliphatic rings. The Morgan fingerprint density at radius 2 is 1.94 bits per heavy atom. The van der Waals surface area contributed by atoms with Crippen molar-refractivity contribution in [3.05, 3.63) is 35.6 Å². The lowest BCUT2D eigenvalue weighted by atomic mass is 9.91. The second-order valence-corrected chi connectivity index (χ2v) is 4.76. The molecule has 0 saturated heterocycles. The molecule has 0 radical (unpaired) electrons. The summed E-state index contributed by atoms with van der Waals surface area (Å²) in [6.45, 7) is 2.04. The Morgan fingerprint density at radius 3 is 2.47 bits per heavy atom. The zero-order valence-corrected chi connectivity index (χ0v) is 10.1. The van der Waals surface area contributed by atoms with Gasteiger partial charge in [0.25, 0.3) is 0 Å². The number of aliphatic hydroxyl groups is 1. The van der Waals surface area contributed by atoms with Crippen LogP contribution in [0.3, 0.4) is 0 Å². The second kappa shape index (κ2) is 6.12. The molecular formula is C14H20FNO. The average Bonchev–Trinajstić information content (AvgIpc) is 2.26. The van der Waals surface area contributed by atoms with Gasteiger partial charge < -0.3 is 5.11 Å². The molecule has 0 bridgehead atoms. The highest BCUT2D eigenvalue weighted by Gasteiger charge is 2.24. The van der Waals surface area contributed by atoms with E-state index in [2.05, 4.69) is 4.90 Å². The van der Waals surface area contributed by atoms with Gasteiger partial charge in [-0.3, -0.25) is 4.90 Å². The highest BCUT2D eigenvalue weighted by molar-refractivity contribution is 5.16. The predicted molar refractivity (Wildman–Crippen MR) is 66.2 cm³/mol. The highest BCUT2D eigenvalue weighted by atomic mass is 19.1. The van der Waals surface area contributed by atoms with Crippen molar-refractivity contribution in [2.75, 3.05) is 13.2 Å². The molecule has 2 rings (SSSR count). The van der Waals surface area contributed by atoms with Gasteiger partial charge in [0.05, 0.1) is 0 Å². The lowest BCUT2D eigenvalue weighted by molar-refractivity contribution is 0.109. The Morgan fingerprint density at radius 1 is 1.24 bits per heavy atom. The van der Waals surface area contributed by atoms with Crippen molar-refractivity contribution in [2.45, 2.75) is 38.3 Å². The molecule has 1 aromatic carbocycles. The van der Waals surface area contributed by atoms with Gasteiger partial charge in [0.2, 0.25) is 0 Å². The molecule has 1 aliphatic carbocycles. The van der Waals surface area contributed by atoms with E-state index in [4.69, 9.17) is 5.11 Å². The number of hydrogen-bond acceptors (Lipinski definition) is 2. The van der Waals surface area contributed by atoms with Crippen molar-refractivity contribution in [1.29, 1.82) is 0 Å². The molecule has 0 unspecified atom stereocenters. The molecule has 1 N–H and O–H groups in total. The normalized spacial score (nSPS) is 16.2. The van der Waals surface area contributed by atoms with Gasteiger partial charge in [0, 0.05) is 25.7 Å². The van der Waals surface area contributed by atoms with Crippen molar-refractivity contribution < 1.29 is 9.50 Å². The highest BCUT2D eigenvalue weighted by Crippen LogP contribution is 2.26. The Kier molecular flexibility index (Phi) is 4.51. The summed E-state index contributed by atoms with van der Waals surface area (Å²) in [5.41, 5.74) is 1.15. The summed E-state index contributed by atoms with van der Waals surface area (Å²) in [5, 5.41) is 8.91. The van der Waals surface area contributed by atoms with Crippen LogP contribution in [0.1, 0.15) is 31.2 Å². The molecule has 0 aliphatic heterocycles. The minimum Gasteiger partial charge on any atom is -0.396 e. The fourth-order valence-corrected chi connectivity index (χ4v) is 2.24. The number of benzene rings is 1. The molecule has 2 nitrogen and oxygen atoms in total. The van der Waals surface area contributed by atoms with Gasteiger partial charge >= 0.3 is 0 Å². The molecule has 0 spiro atoms. The predicted octanol–water partition coefficient (Wildman–Crippen LogP) is 2.56. The fourth-order valence-electron chi connectivity index (χ4n) is 2.24. The first kappa shape index (κ1) is 12.5. The van der Waals surface area contributed by atoms with Crippen LogP contribution in [-0.4, -0.2) is 29.2 Å². The summed E-state index contributed by atoms with van der Waals surface area (Å²) < 4.78 is 12.8. The Hall–Kier alpha value is -0.930. The van der Waals surface area contributed by atoms with Crippen LogP contribution in [0.25, 0.3) is 0 Å². The second-order valence-electron chi connectivity index (χ2n) is 4.76. The average molecular weight is 237 g/mol. The number of hydrogen-bond donors (Lipinski definition) is 1. The Bertz CT molecular complexity index is 335. The molecule has 1 fully saturated rings. The van der Waals surface area contributed by atoms with E-state index in [0.29, 0.717) is 6.04 Å². The molecule has 94 valence electrons. The molecule has 1 aromatic rings. The minimum atomic E-state index is -0.181. The first-order chi connectivity index (χ1) is 8.29. The summed E-state index contributed by atoms with van der Waals surface area (Å²) in [7, 11) is 0. The Balaban J connectivity index is 1.93. The Labute approximate surface area is 102 Å². The van der Waals surface area contributed by atoms with E-state index in [1.54, 1.807) is 0 Å². The van der Waals surface area contributed by atoms with Crippen LogP contribution in [0.2, 0.25) is 0 Å². The van der Waals surface area contributed by atoms with Crippen molar-refractivity contribution in [3.8, 4) is 0 Å². The van der Waals surface area contributed by atoms with E-state index in [9.17, 15) is 4.39 Å². The third-order valence-corrected chi connectivity index (χ3v) is 3.49. The first-order valence-corrected chi connectivity index (χ1v) is 6.39. The van der Waals surface area contributed by atoms with E-state index >= 15 is 0 Å². The van der Waals surface area contributed by atoms with E-state index in [0.717, 1.165) is 25.1 Å². The molecule has 17 heavy (non-hydrogen) atoms. The molecule has 0 heterocycles. The van der Waals surface area contributed by atoms with Gasteiger partial charge in [0.15, 0.2) is 0 Å². The molecule has 1 saturated carbocycles. The first-order valence-electron chi connectivity index (χ1n) is 6.39. The van der Waals surface area contributed by atoms with Crippen LogP contribution in [0.5, 0.6) is 0 Å². The maximum absolute atomic E-state index is 12.8. The van der Waals surface area contributed by atoms with E-state index in [-0.39, 0.29) is 12.4 Å². The zero-order valence-electron chi connectivity index (χ0n) is 10.1. The SMILES string of the molecule is OCCCN(Cc1ccc(F)cc1)C1CCC1. The number of nitrogens with zero attached hydrogens (tertiary/aromatic N) is 1. The quantitative estimate of drug-likeness (QED) is 0.822. The topological polar surface area (TPSA) is 23.5 Å². The van der Waals surface area contributed by atoms with Gasteiger partial charge in [-0.05, 0) is 37.0 Å². The van der Waals surface area contributed by atoms with Crippen LogP contribution in [-0.2, 0) is 6.54 Å². The number of rotatable bonds is 6. The van der Waals surface area contributed by atoms with E-state index < -0.39 is 0 Å². The smallest absolute Gasteiger partial charge is 0.123 e. The lowest BCUT2D eigenvalue weighted by Crippen LogP contribution is -2.40. The summed E-state index contributed by atoms with van der Waals surface area (Å²) >= 11 is 0. The molecular weight excluding hydrogens is 217 g/mol. The van der Waals surface area contributed by atoms with Crippen LogP contribution in [0, 0.1) is 5.82 Å². The van der Waals surface area contributed by atoms with Crippen LogP contribution in [0.15, 0.2) is 24.3 Å². The monoisotopic (exact) mass is 237 g/mol. The molecule has 0 aromatic heterocycles. The maximum atomic E-state index is 12.8. The van der Waals surface area contributed by atoms with Gasteiger partial charge in [-0.25, -0.2) is 4.39 Å². The fraction of sp³-hybridized carbons (Fsp3) is 0.571. The number of aliphatic hydroxyl groups excluding tert-OH is 1. The lowest BCUT2D eigenvalue weighted by Gasteiger charge is -2.37. The zero-order chi connectivity index (χ0) is 12.1. The molecule has 0 atom stereocenters. The van der Waals surface area contributed by atoms with Crippen molar-refractivity contribution >= 4 is 0 Å².